The van der Waals surface area contributed by atoms with Gasteiger partial charge in [0.1, 0.15) is 10.7 Å². The quantitative estimate of drug-likeness (QED) is 0.536. The minimum atomic E-state index is -4.27. The predicted octanol–water partition coefficient (Wildman–Crippen LogP) is 3.94. The number of aliphatic hydroxyl groups excluding tert-OH is 1. The first-order valence-corrected chi connectivity index (χ1v) is 11.7. The molecule has 0 saturated carbocycles. The van der Waals surface area contributed by atoms with Crippen LogP contribution in [0.2, 0.25) is 0 Å². The summed E-state index contributed by atoms with van der Waals surface area (Å²) in [4.78, 5) is 25.6. The first-order valence-electron chi connectivity index (χ1n) is 10.2. The van der Waals surface area contributed by atoms with E-state index in [2.05, 4.69) is 0 Å². The number of aliphatic hydroxyl groups is 1. The van der Waals surface area contributed by atoms with Gasteiger partial charge in [-0.1, -0.05) is 42.5 Å². The van der Waals surface area contributed by atoms with E-state index in [0.29, 0.717) is 11.1 Å². The molecule has 34 heavy (non-hydrogen) atoms. The van der Waals surface area contributed by atoms with Crippen molar-refractivity contribution in [2.24, 2.45) is 0 Å². The number of carbonyl (C=O) groups is 2. The normalized spacial score (nSPS) is 16.1. The van der Waals surface area contributed by atoms with E-state index in [1.807, 2.05) is 0 Å². The summed E-state index contributed by atoms with van der Waals surface area (Å²) in [5.41, 5.74) is 1.14. The molecule has 174 valence electrons. The fourth-order valence-electron chi connectivity index (χ4n) is 3.83. The van der Waals surface area contributed by atoms with E-state index in [1.54, 1.807) is 6.07 Å². The third kappa shape index (κ3) is 4.17. The molecule has 1 heterocycles. The lowest BCUT2D eigenvalue weighted by molar-refractivity contribution is -0.130. The van der Waals surface area contributed by atoms with E-state index in [-0.39, 0.29) is 17.0 Å². The highest BCUT2D eigenvalue weighted by molar-refractivity contribution is 7.95. The van der Waals surface area contributed by atoms with Crippen LogP contribution in [0.25, 0.3) is 0 Å². The third-order valence-electron chi connectivity index (χ3n) is 5.51. The molecular formula is C25H20FNO6S. The van der Waals surface area contributed by atoms with Crippen LogP contribution in [-0.2, 0) is 25.9 Å². The molecule has 0 radical (unpaired) electrons. The van der Waals surface area contributed by atoms with Gasteiger partial charge in [0.15, 0.2) is 5.76 Å². The summed E-state index contributed by atoms with van der Waals surface area (Å²) in [6, 6.07) is 17.6. The van der Waals surface area contributed by atoms with Crippen LogP contribution < -0.4 is 0 Å². The van der Waals surface area contributed by atoms with Gasteiger partial charge < -0.3 is 14.7 Å². The Morgan fingerprint density at radius 1 is 1.00 bits per heavy atom. The smallest absolute Gasteiger partial charge is 0.337 e. The van der Waals surface area contributed by atoms with E-state index >= 15 is 0 Å². The van der Waals surface area contributed by atoms with E-state index in [0.717, 1.165) is 0 Å². The highest BCUT2D eigenvalue weighted by Crippen LogP contribution is 2.43. The first kappa shape index (κ1) is 23.2. The van der Waals surface area contributed by atoms with Crippen molar-refractivity contribution < 1.29 is 32.2 Å². The summed E-state index contributed by atoms with van der Waals surface area (Å²) in [5.74, 6) is -2.79. The van der Waals surface area contributed by atoms with Gasteiger partial charge in [-0.25, -0.2) is 17.6 Å². The van der Waals surface area contributed by atoms with Crippen LogP contribution in [0.1, 0.15) is 27.5 Å². The zero-order valence-corrected chi connectivity index (χ0v) is 18.8. The minimum absolute atomic E-state index is 0.0795. The van der Waals surface area contributed by atoms with Crippen LogP contribution >= 0.6 is 0 Å². The van der Waals surface area contributed by atoms with Gasteiger partial charge in [0.2, 0.25) is 9.84 Å². The molecule has 0 spiro atoms. The van der Waals surface area contributed by atoms with Gasteiger partial charge in [-0.3, -0.25) is 4.79 Å². The van der Waals surface area contributed by atoms with Crippen molar-refractivity contribution in [1.82, 2.24) is 4.90 Å². The molecule has 0 unspecified atom stereocenters. The maximum atomic E-state index is 13.5. The van der Waals surface area contributed by atoms with Gasteiger partial charge in [-0.15, -0.1) is 0 Å². The number of sulfone groups is 1. The number of esters is 1. The standard InChI is InChI=1S/C25H20FNO6S/c1-33-25(30)18-11-9-17(10-12-18)21-23(34(31,32)20-5-3-2-4-6-20)22(28)24(29)27(21)15-16-7-13-19(26)14-8-16/h2-14,21,28H,15H2,1H3/t21-/m1/s1. The predicted molar refractivity (Wildman–Crippen MR) is 121 cm³/mol. The number of rotatable bonds is 6. The molecule has 3 aromatic carbocycles. The maximum Gasteiger partial charge on any atom is 0.337 e. The van der Waals surface area contributed by atoms with E-state index in [9.17, 15) is 27.5 Å². The zero-order chi connectivity index (χ0) is 24.5. The number of halogens is 1. The van der Waals surface area contributed by atoms with Gasteiger partial charge in [-0.05, 0) is 47.5 Å². The molecule has 0 aromatic heterocycles. The third-order valence-corrected chi connectivity index (χ3v) is 7.40. The van der Waals surface area contributed by atoms with Crippen LogP contribution in [0.15, 0.2) is 94.4 Å². The lowest BCUT2D eigenvalue weighted by Gasteiger charge is -2.27. The molecule has 0 aliphatic carbocycles. The Morgan fingerprint density at radius 3 is 2.21 bits per heavy atom. The minimum Gasteiger partial charge on any atom is -0.502 e. The summed E-state index contributed by atoms with van der Waals surface area (Å²) in [6.07, 6.45) is 0. The number of benzene rings is 3. The summed E-state index contributed by atoms with van der Waals surface area (Å²) in [5, 5.41) is 10.7. The molecule has 3 aromatic rings. The van der Waals surface area contributed by atoms with Crippen LogP contribution in [0.5, 0.6) is 0 Å². The summed E-state index contributed by atoms with van der Waals surface area (Å²) < 4.78 is 45.1. The number of hydrogen-bond acceptors (Lipinski definition) is 6. The van der Waals surface area contributed by atoms with Crippen LogP contribution in [0, 0.1) is 5.82 Å². The zero-order valence-electron chi connectivity index (χ0n) is 18.0. The van der Waals surface area contributed by atoms with Crippen molar-refractivity contribution in [3.8, 4) is 0 Å². The molecule has 0 bridgehead atoms. The Morgan fingerprint density at radius 2 is 1.62 bits per heavy atom. The van der Waals surface area contributed by atoms with Gasteiger partial charge in [0.25, 0.3) is 5.91 Å². The Hall–Kier alpha value is -3.98. The molecule has 1 aliphatic heterocycles. The second-order valence-electron chi connectivity index (χ2n) is 7.60. The summed E-state index contributed by atoms with van der Waals surface area (Å²) in [6.45, 7) is -0.0829. The summed E-state index contributed by atoms with van der Waals surface area (Å²) in [7, 11) is -3.03. The Bertz CT molecular complexity index is 1370. The van der Waals surface area contributed by atoms with E-state index < -0.39 is 44.2 Å². The molecule has 7 nitrogen and oxygen atoms in total. The molecule has 9 heteroatoms. The van der Waals surface area contributed by atoms with Crippen molar-refractivity contribution in [2.45, 2.75) is 17.5 Å². The number of ether oxygens (including phenoxy) is 1. The number of nitrogens with zero attached hydrogens (tertiary/aromatic N) is 1. The SMILES string of the molecule is COC(=O)c1ccc([C@@H]2C(S(=O)(=O)c3ccccc3)=C(O)C(=O)N2Cc2ccc(F)cc2)cc1. The second-order valence-corrected chi connectivity index (χ2v) is 9.52. The average Bonchev–Trinajstić information content (AvgIpc) is 3.11. The topological polar surface area (TPSA) is 101 Å². The van der Waals surface area contributed by atoms with Gasteiger partial charge in [0.05, 0.1) is 23.6 Å². The van der Waals surface area contributed by atoms with Crippen molar-refractivity contribution in [3.05, 3.63) is 112 Å². The maximum absolute atomic E-state index is 13.5. The lowest BCUT2D eigenvalue weighted by Crippen LogP contribution is -2.30. The Kier molecular flexibility index (Phi) is 6.21. The average molecular weight is 482 g/mol. The fraction of sp³-hybridized carbons (Fsp3) is 0.120. The van der Waals surface area contributed by atoms with Gasteiger partial charge in [0, 0.05) is 6.54 Å². The van der Waals surface area contributed by atoms with E-state index in [1.165, 1.54) is 84.8 Å². The number of amides is 1. The fourth-order valence-corrected chi connectivity index (χ4v) is 5.50. The largest absolute Gasteiger partial charge is 0.502 e. The van der Waals surface area contributed by atoms with Crippen LogP contribution in [0.3, 0.4) is 0 Å². The van der Waals surface area contributed by atoms with Gasteiger partial charge in [-0.2, -0.15) is 0 Å². The molecule has 1 atom stereocenters. The van der Waals surface area contributed by atoms with E-state index in [4.69, 9.17) is 4.74 Å². The monoisotopic (exact) mass is 481 g/mol. The molecule has 0 fully saturated rings. The van der Waals surface area contributed by atoms with Crippen molar-refractivity contribution in [3.63, 3.8) is 0 Å². The van der Waals surface area contributed by atoms with Crippen molar-refractivity contribution in [1.29, 1.82) is 0 Å². The highest BCUT2D eigenvalue weighted by atomic mass is 32.2. The highest BCUT2D eigenvalue weighted by Gasteiger charge is 2.46. The second kappa shape index (κ2) is 9.11. The number of hydrogen-bond donors (Lipinski definition) is 1. The number of methoxy groups -OCH3 is 1. The van der Waals surface area contributed by atoms with Crippen LogP contribution in [0.4, 0.5) is 4.39 Å². The molecular weight excluding hydrogens is 461 g/mol. The molecule has 1 N–H and O–H groups in total. The van der Waals surface area contributed by atoms with Gasteiger partial charge >= 0.3 is 5.97 Å². The summed E-state index contributed by atoms with van der Waals surface area (Å²) >= 11 is 0. The first-order chi connectivity index (χ1) is 16.2. The lowest BCUT2D eigenvalue weighted by atomic mass is 10.0. The van der Waals surface area contributed by atoms with Crippen molar-refractivity contribution in [2.75, 3.05) is 7.11 Å². The molecule has 0 saturated heterocycles. The van der Waals surface area contributed by atoms with Crippen LogP contribution in [-0.4, -0.2) is 37.4 Å². The Labute approximate surface area is 195 Å². The molecule has 1 amide bonds. The Balaban J connectivity index is 1.84. The molecule has 1 aliphatic rings. The number of carbonyl (C=O) groups excluding carboxylic acids is 2. The van der Waals surface area contributed by atoms with Crippen molar-refractivity contribution >= 4 is 21.7 Å². The molecule has 4 rings (SSSR count).